The number of carbonyl (C=O) groups excluding carboxylic acids is 1. The van der Waals surface area contributed by atoms with Crippen molar-refractivity contribution in [3.63, 3.8) is 0 Å². The first-order valence-corrected chi connectivity index (χ1v) is 5.54. The lowest BCUT2D eigenvalue weighted by Gasteiger charge is -2.26. The summed E-state index contributed by atoms with van der Waals surface area (Å²) in [5.74, 6) is 0.838. The Morgan fingerprint density at radius 3 is 3.00 bits per heavy atom. The van der Waals surface area contributed by atoms with Crippen molar-refractivity contribution in [3.8, 4) is 0 Å². The predicted molar refractivity (Wildman–Crippen MR) is 60.7 cm³/mol. The van der Waals surface area contributed by atoms with Crippen molar-refractivity contribution < 1.29 is 4.79 Å². The third-order valence-electron chi connectivity index (χ3n) is 2.75. The van der Waals surface area contributed by atoms with Gasteiger partial charge in [0.25, 0.3) is 0 Å². The van der Waals surface area contributed by atoms with E-state index in [2.05, 4.69) is 17.2 Å². The molecule has 0 aromatic carbocycles. The molecule has 0 bridgehead atoms. The zero-order valence-electron chi connectivity index (χ0n) is 8.94. The number of hydrogen-bond donors (Lipinski definition) is 1. The zero-order valence-corrected chi connectivity index (χ0v) is 8.94. The number of nitrogens with zero attached hydrogens (tertiary/aromatic N) is 1. The van der Waals surface area contributed by atoms with Crippen LogP contribution in [0.3, 0.4) is 0 Å². The van der Waals surface area contributed by atoms with Gasteiger partial charge in [-0.05, 0) is 6.42 Å². The van der Waals surface area contributed by atoms with Crippen molar-refractivity contribution in [1.82, 2.24) is 5.32 Å². The van der Waals surface area contributed by atoms with Crippen molar-refractivity contribution in [3.05, 3.63) is 24.3 Å². The van der Waals surface area contributed by atoms with Crippen LogP contribution in [0.25, 0.3) is 0 Å². The SMILES string of the molecule is CCCCC1=NC2C=CC=CC2C(=O)N1. The van der Waals surface area contributed by atoms with Crippen LogP contribution in [0.5, 0.6) is 0 Å². The number of fused-ring (bicyclic) bond motifs is 1. The van der Waals surface area contributed by atoms with E-state index >= 15 is 0 Å². The number of hydrogen-bond acceptors (Lipinski definition) is 2. The quantitative estimate of drug-likeness (QED) is 0.748. The maximum absolute atomic E-state index is 11.7. The molecular formula is C12H16N2O. The first kappa shape index (κ1) is 10.1. The molecule has 3 nitrogen and oxygen atoms in total. The number of rotatable bonds is 3. The zero-order chi connectivity index (χ0) is 10.7. The molecular weight excluding hydrogens is 188 g/mol. The third-order valence-corrected chi connectivity index (χ3v) is 2.75. The highest BCUT2D eigenvalue weighted by Gasteiger charge is 2.30. The minimum absolute atomic E-state index is 0.0237. The summed E-state index contributed by atoms with van der Waals surface area (Å²) in [4.78, 5) is 16.3. The van der Waals surface area contributed by atoms with Crippen molar-refractivity contribution in [1.29, 1.82) is 0 Å². The molecule has 0 saturated heterocycles. The maximum Gasteiger partial charge on any atom is 0.234 e. The van der Waals surface area contributed by atoms with Gasteiger partial charge in [-0.15, -0.1) is 0 Å². The Morgan fingerprint density at radius 1 is 1.40 bits per heavy atom. The van der Waals surface area contributed by atoms with Gasteiger partial charge in [0.15, 0.2) is 0 Å². The van der Waals surface area contributed by atoms with Crippen LogP contribution in [0.15, 0.2) is 29.3 Å². The molecule has 3 heteroatoms. The molecule has 1 aliphatic carbocycles. The van der Waals surface area contributed by atoms with Gasteiger partial charge in [-0.3, -0.25) is 9.79 Å². The van der Waals surface area contributed by atoms with E-state index in [0.29, 0.717) is 0 Å². The van der Waals surface area contributed by atoms with E-state index in [1.807, 2.05) is 24.3 Å². The Hall–Kier alpha value is -1.38. The van der Waals surface area contributed by atoms with Gasteiger partial charge in [-0.2, -0.15) is 0 Å². The van der Waals surface area contributed by atoms with Gasteiger partial charge in [-0.1, -0.05) is 37.6 Å². The van der Waals surface area contributed by atoms with Crippen LogP contribution in [0.4, 0.5) is 0 Å². The van der Waals surface area contributed by atoms with E-state index in [-0.39, 0.29) is 17.9 Å². The van der Waals surface area contributed by atoms with Crippen LogP contribution in [0, 0.1) is 5.92 Å². The van der Waals surface area contributed by atoms with Crippen LogP contribution in [-0.2, 0) is 4.79 Å². The van der Waals surface area contributed by atoms with Crippen molar-refractivity contribution in [2.75, 3.05) is 0 Å². The normalized spacial score (nSPS) is 28.3. The monoisotopic (exact) mass is 204 g/mol. The van der Waals surface area contributed by atoms with Crippen LogP contribution in [0.2, 0.25) is 0 Å². The van der Waals surface area contributed by atoms with Gasteiger partial charge >= 0.3 is 0 Å². The number of aliphatic imine (C=N–C) groups is 1. The van der Waals surface area contributed by atoms with Gasteiger partial charge in [0, 0.05) is 6.42 Å². The molecule has 15 heavy (non-hydrogen) atoms. The Kier molecular flexibility index (Phi) is 2.99. The van der Waals surface area contributed by atoms with Crippen LogP contribution >= 0.6 is 0 Å². The van der Waals surface area contributed by atoms with E-state index in [1.165, 1.54) is 0 Å². The number of allylic oxidation sites excluding steroid dienone is 2. The Balaban J connectivity index is 2.10. The summed E-state index contributed by atoms with van der Waals surface area (Å²) in [5.41, 5.74) is 0. The molecule has 0 radical (unpaired) electrons. The standard InChI is InChI=1S/C12H16N2O/c1-2-3-8-11-13-10-7-5-4-6-9(10)12(15)14-11/h4-7,9-10H,2-3,8H2,1H3,(H,13,14,15). The fourth-order valence-electron chi connectivity index (χ4n) is 1.87. The van der Waals surface area contributed by atoms with Gasteiger partial charge in [-0.25, -0.2) is 0 Å². The van der Waals surface area contributed by atoms with E-state index in [4.69, 9.17) is 0 Å². The fraction of sp³-hybridized carbons (Fsp3) is 0.500. The average molecular weight is 204 g/mol. The second-order valence-electron chi connectivity index (χ2n) is 3.95. The predicted octanol–water partition coefficient (Wildman–Crippen LogP) is 1.82. The second-order valence-corrected chi connectivity index (χ2v) is 3.95. The van der Waals surface area contributed by atoms with Crippen LogP contribution in [-0.4, -0.2) is 17.8 Å². The summed E-state index contributed by atoms with van der Waals surface area (Å²) < 4.78 is 0. The van der Waals surface area contributed by atoms with Crippen LogP contribution in [0.1, 0.15) is 26.2 Å². The van der Waals surface area contributed by atoms with E-state index < -0.39 is 0 Å². The molecule has 2 rings (SSSR count). The summed E-state index contributed by atoms with van der Waals surface area (Å²) >= 11 is 0. The summed E-state index contributed by atoms with van der Waals surface area (Å²) in [6.07, 6.45) is 10.9. The van der Waals surface area contributed by atoms with Crippen molar-refractivity contribution in [2.45, 2.75) is 32.2 Å². The van der Waals surface area contributed by atoms with Gasteiger partial charge in [0.1, 0.15) is 5.84 Å². The Morgan fingerprint density at radius 2 is 2.20 bits per heavy atom. The first-order chi connectivity index (χ1) is 7.31. The topological polar surface area (TPSA) is 41.5 Å². The number of unbranched alkanes of at least 4 members (excludes halogenated alkanes) is 1. The minimum atomic E-state index is -0.0969. The molecule has 2 unspecified atom stereocenters. The molecule has 0 spiro atoms. The molecule has 80 valence electrons. The van der Waals surface area contributed by atoms with Gasteiger partial charge in [0.05, 0.1) is 12.0 Å². The van der Waals surface area contributed by atoms with Gasteiger partial charge in [0.2, 0.25) is 5.91 Å². The molecule has 1 aliphatic heterocycles. The number of nitrogens with one attached hydrogen (secondary N) is 1. The molecule has 0 saturated carbocycles. The minimum Gasteiger partial charge on any atom is -0.314 e. The molecule has 1 amide bonds. The molecule has 0 fully saturated rings. The third kappa shape index (κ3) is 2.17. The maximum atomic E-state index is 11.7. The summed E-state index contributed by atoms with van der Waals surface area (Å²) in [6.45, 7) is 2.14. The molecule has 2 atom stereocenters. The molecule has 1 N–H and O–H groups in total. The molecule has 0 aromatic rings. The highest BCUT2D eigenvalue weighted by Crippen LogP contribution is 2.20. The highest BCUT2D eigenvalue weighted by atomic mass is 16.2. The summed E-state index contributed by atoms with van der Waals surface area (Å²) in [6, 6.07) is 0.0237. The number of amides is 1. The summed E-state index contributed by atoms with van der Waals surface area (Å²) in [7, 11) is 0. The number of carbonyl (C=O) groups is 1. The van der Waals surface area contributed by atoms with Gasteiger partial charge < -0.3 is 5.32 Å². The van der Waals surface area contributed by atoms with Crippen molar-refractivity contribution in [2.24, 2.45) is 10.9 Å². The Labute approximate surface area is 90.0 Å². The van der Waals surface area contributed by atoms with Crippen molar-refractivity contribution >= 4 is 11.7 Å². The number of amidine groups is 1. The summed E-state index contributed by atoms with van der Waals surface area (Å²) in [5, 5.41) is 2.88. The van der Waals surface area contributed by atoms with E-state index in [9.17, 15) is 4.79 Å². The highest BCUT2D eigenvalue weighted by molar-refractivity contribution is 6.02. The lowest BCUT2D eigenvalue weighted by Crippen LogP contribution is -2.44. The van der Waals surface area contributed by atoms with Crippen LogP contribution < -0.4 is 5.32 Å². The largest absolute Gasteiger partial charge is 0.314 e. The lowest BCUT2D eigenvalue weighted by atomic mass is 9.93. The first-order valence-electron chi connectivity index (χ1n) is 5.54. The second kappa shape index (κ2) is 4.43. The molecule has 0 aromatic heterocycles. The lowest BCUT2D eigenvalue weighted by molar-refractivity contribution is -0.122. The van der Waals surface area contributed by atoms with E-state index in [1.54, 1.807) is 0 Å². The average Bonchev–Trinajstić information content (AvgIpc) is 2.26. The molecule has 1 heterocycles. The molecule has 2 aliphatic rings. The Bertz CT molecular complexity index is 342. The van der Waals surface area contributed by atoms with E-state index in [0.717, 1.165) is 25.1 Å². The smallest absolute Gasteiger partial charge is 0.234 e. The fourth-order valence-corrected chi connectivity index (χ4v) is 1.87.